The van der Waals surface area contributed by atoms with Crippen LogP contribution in [0, 0.1) is 6.92 Å². The predicted molar refractivity (Wildman–Crippen MR) is 97.2 cm³/mol. The van der Waals surface area contributed by atoms with Crippen molar-refractivity contribution in [1.82, 2.24) is 5.32 Å². The van der Waals surface area contributed by atoms with Crippen LogP contribution >= 0.6 is 11.8 Å². The second kappa shape index (κ2) is 9.64. The van der Waals surface area contributed by atoms with E-state index >= 15 is 0 Å². The van der Waals surface area contributed by atoms with Crippen molar-refractivity contribution in [1.29, 1.82) is 0 Å². The molecular weight excluding hydrogens is 338 g/mol. The molecule has 2 aromatic rings. The fourth-order valence-electron chi connectivity index (χ4n) is 1.95. The van der Waals surface area contributed by atoms with E-state index in [2.05, 4.69) is 5.32 Å². The summed E-state index contributed by atoms with van der Waals surface area (Å²) in [5, 5.41) is 2.18. The number of thioether (sulfide) groups is 1. The van der Waals surface area contributed by atoms with Crippen LogP contribution < -0.4 is 5.32 Å². The zero-order valence-corrected chi connectivity index (χ0v) is 14.7. The summed E-state index contributed by atoms with van der Waals surface area (Å²) in [7, 11) is 0. The molecule has 25 heavy (non-hydrogen) atoms. The summed E-state index contributed by atoms with van der Waals surface area (Å²) in [6, 6.07) is 16.4. The number of carbonyl (C=O) groups excluding carboxylic acids is 3. The monoisotopic (exact) mass is 357 g/mol. The first-order valence-electron chi connectivity index (χ1n) is 7.73. The number of rotatable bonds is 7. The average Bonchev–Trinajstić information content (AvgIpc) is 2.62. The Labute approximate surface area is 150 Å². The molecule has 0 aliphatic rings. The van der Waals surface area contributed by atoms with E-state index in [1.165, 1.54) is 17.3 Å². The quantitative estimate of drug-likeness (QED) is 0.772. The number of hydrogen-bond donors (Lipinski definition) is 1. The third-order valence-electron chi connectivity index (χ3n) is 3.26. The molecule has 130 valence electrons. The maximum atomic E-state index is 11.8. The summed E-state index contributed by atoms with van der Waals surface area (Å²) < 4.78 is 4.87. The van der Waals surface area contributed by atoms with Crippen molar-refractivity contribution in [3.63, 3.8) is 0 Å². The Morgan fingerprint density at radius 2 is 1.68 bits per heavy atom. The van der Waals surface area contributed by atoms with Crippen molar-refractivity contribution in [2.75, 3.05) is 12.4 Å². The number of ether oxygens (including phenoxy) is 1. The Balaban J connectivity index is 1.64. The second-order valence-electron chi connectivity index (χ2n) is 5.38. The third kappa shape index (κ3) is 6.81. The molecule has 0 aliphatic carbocycles. The average molecular weight is 357 g/mol. The molecule has 2 amide bonds. The fourth-order valence-corrected chi connectivity index (χ4v) is 2.73. The summed E-state index contributed by atoms with van der Waals surface area (Å²) in [6.45, 7) is 1.55. The zero-order valence-electron chi connectivity index (χ0n) is 13.9. The van der Waals surface area contributed by atoms with Gasteiger partial charge < -0.3 is 4.74 Å². The first kappa shape index (κ1) is 18.7. The maximum Gasteiger partial charge on any atom is 0.316 e. The lowest BCUT2D eigenvalue weighted by molar-refractivity contribution is -0.145. The number of aryl methyl sites for hydroxylation is 1. The van der Waals surface area contributed by atoms with E-state index in [4.69, 9.17) is 4.74 Å². The van der Waals surface area contributed by atoms with Gasteiger partial charge in [-0.2, -0.15) is 0 Å². The van der Waals surface area contributed by atoms with Gasteiger partial charge in [0, 0.05) is 11.3 Å². The largest absolute Gasteiger partial charge is 0.455 e. The summed E-state index contributed by atoms with van der Waals surface area (Å²) in [4.78, 5) is 35.1. The van der Waals surface area contributed by atoms with Gasteiger partial charge in [0.2, 0.25) is 0 Å². The van der Waals surface area contributed by atoms with Crippen LogP contribution in [0.2, 0.25) is 0 Å². The number of amides is 2. The van der Waals surface area contributed by atoms with Gasteiger partial charge in [0.05, 0.1) is 5.75 Å². The maximum absolute atomic E-state index is 11.8. The molecule has 0 bridgehead atoms. The van der Waals surface area contributed by atoms with Gasteiger partial charge in [-0.3, -0.25) is 19.7 Å². The number of carbonyl (C=O) groups is 3. The van der Waals surface area contributed by atoms with E-state index in [1.807, 2.05) is 31.2 Å². The number of esters is 1. The zero-order chi connectivity index (χ0) is 18.1. The topological polar surface area (TPSA) is 72.5 Å². The van der Waals surface area contributed by atoms with Crippen LogP contribution in [-0.2, 0) is 20.1 Å². The van der Waals surface area contributed by atoms with Crippen molar-refractivity contribution in [3.05, 3.63) is 71.3 Å². The minimum atomic E-state index is -0.647. The Kier molecular flexibility index (Phi) is 7.22. The van der Waals surface area contributed by atoms with E-state index in [1.54, 1.807) is 30.3 Å². The number of benzene rings is 2. The smallest absolute Gasteiger partial charge is 0.316 e. The Bertz CT molecular complexity index is 729. The molecule has 0 saturated heterocycles. The number of nitrogens with one attached hydrogen (secondary N) is 1. The second-order valence-corrected chi connectivity index (χ2v) is 6.37. The molecule has 0 atom stereocenters. The van der Waals surface area contributed by atoms with Crippen LogP contribution in [0.1, 0.15) is 21.5 Å². The molecule has 0 heterocycles. The van der Waals surface area contributed by atoms with Gasteiger partial charge in [-0.15, -0.1) is 11.8 Å². The van der Waals surface area contributed by atoms with Crippen molar-refractivity contribution in [3.8, 4) is 0 Å². The standard InChI is InChI=1S/C19H19NO4S/c1-14-7-9-15(10-8-14)12-25-13-18(22)24-11-17(21)20-19(23)16-5-3-2-4-6-16/h2-10H,11-13H2,1H3,(H,20,21,23). The van der Waals surface area contributed by atoms with Gasteiger partial charge in [0.25, 0.3) is 11.8 Å². The van der Waals surface area contributed by atoms with Gasteiger partial charge in [-0.25, -0.2) is 0 Å². The first-order chi connectivity index (χ1) is 12.0. The van der Waals surface area contributed by atoms with Crippen molar-refractivity contribution in [2.45, 2.75) is 12.7 Å². The van der Waals surface area contributed by atoms with Crippen molar-refractivity contribution < 1.29 is 19.1 Å². The summed E-state index contributed by atoms with van der Waals surface area (Å²) >= 11 is 1.41. The lowest BCUT2D eigenvalue weighted by Crippen LogP contribution is -2.34. The van der Waals surface area contributed by atoms with Crippen LogP contribution in [0.3, 0.4) is 0 Å². The lowest BCUT2D eigenvalue weighted by Gasteiger charge is -2.06. The predicted octanol–water partition coefficient (Wildman–Crippen LogP) is 2.73. The molecular formula is C19H19NO4S. The highest BCUT2D eigenvalue weighted by Gasteiger charge is 2.12. The molecule has 0 radical (unpaired) electrons. The van der Waals surface area contributed by atoms with Crippen LogP contribution in [0.5, 0.6) is 0 Å². The van der Waals surface area contributed by atoms with E-state index in [0.29, 0.717) is 11.3 Å². The minimum absolute atomic E-state index is 0.147. The van der Waals surface area contributed by atoms with Crippen LogP contribution in [-0.4, -0.2) is 30.1 Å². The molecule has 0 spiro atoms. The van der Waals surface area contributed by atoms with Crippen LogP contribution in [0.25, 0.3) is 0 Å². The highest BCUT2D eigenvalue weighted by molar-refractivity contribution is 7.99. The summed E-state index contributed by atoms with van der Waals surface area (Å²) in [5.74, 6) is -0.817. The van der Waals surface area contributed by atoms with Gasteiger partial charge in [-0.05, 0) is 24.6 Å². The minimum Gasteiger partial charge on any atom is -0.455 e. The van der Waals surface area contributed by atoms with Gasteiger partial charge in [-0.1, -0.05) is 48.0 Å². The van der Waals surface area contributed by atoms with E-state index in [9.17, 15) is 14.4 Å². The normalized spacial score (nSPS) is 10.1. The van der Waals surface area contributed by atoms with Crippen molar-refractivity contribution in [2.24, 2.45) is 0 Å². The summed E-state index contributed by atoms with van der Waals surface area (Å²) in [6.07, 6.45) is 0. The van der Waals surface area contributed by atoms with Crippen molar-refractivity contribution >= 4 is 29.5 Å². The van der Waals surface area contributed by atoms with Crippen LogP contribution in [0.4, 0.5) is 0 Å². The molecule has 2 rings (SSSR count). The highest BCUT2D eigenvalue weighted by atomic mass is 32.2. The molecule has 0 aromatic heterocycles. The Morgan fingerprint density at radius 1 is 1.00 bits per heavy atom. The van der Waals surface area contributed by atoms with Gasteiger partial charge in [0.1, 0.15) is 0 Å². The van der Waals surface area contributed by atoms with E-state index < -0.39 is 24.4 Å². The van der Waals surface area contributed by atoms with E-state index in [0.717, 1.165) is 5.56 Å². The lowest BCUT2D eigenvalue weighted by atomic mass is 10.2. The fraction of sp³-hybridized carbons (Fsp3) is 0.211. The molecule has 0 aliphatic heterocycles. The molecule has 0 unspecified atom stereocenters. The molecule has 2 aromatic carbocycles. The molecule has 0 saturated carbocycles. The van der Waals surface area contributed by atoms with Crippen LogP contribution in [0.15, 0.2) is 54.6 Å². The molecule has 5 nitrogen and oxygen atoms in total. The first-order valence-corrected chi connectivity index (χ1v) is 8.88. The SMILES string of the molecule is Cc1ccc(CSCC(=O)OCC(=O)NC(=O)c2ccccc2)cc1. The number of imide groups is 1. The Morgan fingerprint density at radius 3 is 2.36 bits per heavy atom. The van der Waals surface area contributed by atoms with Gasteiger partial charge >= 0.3 is 5.97 Å². The molecule has 6 heteroatoms. The van der Waals surface area contributed by atoms with E-state index in [-0.39, 0.29) is 5.75 Å². The number of hydrogen-bond acceptors (Lipinski definition) is 5. The van der Waals surface area contributed by atoms with Gasteiger partial charge in [0.15, 0.2) is 6.61 Å². The highest BCUT2D eigenvalue weighted by Crippen LogP contribution is 2.13. The molecule has 0 fully saturated rings. The third-order valence-corrected chi connectivity index (χ3v) is 4.24. The Hall–Kier alpha value is -2.60. The summed E-state index contributed by atoms with van der Waals surface area (Å²) in [5.41, 5.74) is 2.68. The molecule has 1 N–H and O–H groups in total.